The van der Waals surface area contributed by atoms with E-state index in [0.29, 0.717) is 71.1 Å². The van der Waals surface area contributed by atoms with E-state index >= 15 is 0 Å². The van der Waals surface area contributed by atoms with Crippen molar-refractivity contribution in [1.82, 2.24) is 9.97 Å². The minimum Gasteiger partial charge on any atom is -0.460 e. The Hall–Kier alpha value is -3.73. The number of benzene rings is 2. The summed E-state index contributed by atoms with van der Waals surface area (Å²) in [7, 11) is -1.53. The maximum absolute atomic E-state index is 11.9. The van der Waals surface area contributed by atoms with Gasteiger partial charge >= 0.3 is 7.12 Å². The lowest BCUT2D eigenvalue weighted by atomic mass is 9.79. The lowest BCUT2D eigenvalue weighted by Crippen LogP contribution is -2.30. The smallest absolute Gasteiger partial charge is 0.460 e. The molecule has 5 N–H and O–H groups in total. The summed E-state index contributed by atoms with van der Waals surface area (Å²) in [6.07, 6.45) is 0.671. The van der Waals surface area contributed by atoms with Gasteiger partial charge in [-0.25, -0.2) is 9.97 Å². The van der Waals surface area contributed by atoms with E-state index in [1.165, 1.54) is 0 Å². The van der Waals surface area contributed by atoms with Crippen LogP contribution in [0.25, 0.3) is 22.4 Å². The topological polar surface area (TPSA) is 144 Å². The number of aromatic nitrogens is 2. The van der Waals surface area contributed by atoms with Crippen LogP contribution < -0.4 is 16.5 Å². The summed E-state index contributed by atoms with van der Waals surface area (Å²) in [6, 6.07) is 12.3. The number of rotatable bonds is 6. The highest BCUT2D eigenvalue weighted by molar-refractivity contribution is 6.58. The molecule has 1 amide bonds. The fraction of sp³-hybridized carbons (Fsp3) is 0.208. The molecule has 10 heteroatoms. The molecule has 34 heavy (non-hydrogen) atoms. The van der Waals surface area contributed by atoms with Gasteiger partial charge in [0, 0.05) is 23.9 Å². The number of carbonyl (C=O) groups excluding carboxylic acids is 1. The summed E-state index contributed by atoms with van der Waals surface area (Å²) in [4.78, 5) is 21.5. The van der Waals surface area contributed by atoms with Gasteiger partial charge in [0.05, 0.1) is 30.0 Å². The molecule has 5 rings (SSSR count). The Kier molecular flexibility index (Phi) is 5.78. The van der Waals surface area contributed by atoms with Gasteiger partial charge in [0.25, 0.3) is 5.91 Å². The maximum Gasteiger partial charge on any atom is 0.488 e. The monoisotopic (exact) mass is 458 g/mol. The number of carbonyl (C=O) groups is 1. The summed E-state index contributed by atoms with van der Waals surface area (Å²) in [5.74, 6) is 1.15. The summed E-state index contributed by atoms with van der Waals surface area (Å²) in [5, 5.41) is 23.0. The van der Waals surface area contributed by atoms with E-state index in [4.69, 9.17) is 24.9 Å². The van der Waals surface area contributed by atoms with Crippen molar-refractivity contribution >= 4 is 35.3 Å². The number of hydrogen-bond acceptors (Lipinski definition) is 8. The first-order valence-corrected chi connectivity index (χ1v) is 10.9. The van der Waals surface area contributed by atoms with Crippen LogP contribution in [0.5, 0.6) is 0 Å². The summed E-state index contributed by atoms with van der Waals surface area (Å²) in [6.45, 7) is 3.18. The second-order valence-corrected chi connectivity index (χ2v) is 8.18. The molecule has 0 aliphatic carbocycles. The van der Waals surface area contributed by atoms with Gasteiger partial charge in [0.1, 0.15) is 17.2 Å². The molecule has 2 aromatic carbocycles. The van der Waals surface area contributed by atoms with E-state index < -0.39 is 13.0 Å². The summed E-state index contributed by atoms with van der Waals surface area (Å²) in [5.41, 5.74) is 10.0. The van der Waals surface area contributed by atoms with Crippen molar-refractivity contribution in [1.29, 1.82) is 0 Å². The number of fused-ring (bicyclic) bond motifs is 2. The number of para-hydroxylation sites is 1. The summed E-state index contributed by atoms with van der Waals surface area (Å²) < 4.78 is 11.6. The molecule has 0 saturated heterocycles. The fourth-order valence-electron chi connectivity index (χ4n) is 4.27. The first kappa shape index (κ1) is 22.1. The Balaban J connectivity index is 1.57. The van der Waals surface area contributed by atoms with Gasteiger partial charge in [-0.3, -0.25) is 4.79 Å². The van der Waals surface area contributed by atoms with Crippen LogP contribution in [-0.4, -0.2) is 39.6 Å². The fourth-order valence-corrected chi connectivity index (χ4v) is 4.27. The van der Waals surface area contributed by atoms with E-state index in [9.17, 15) is 14.8 Å². The third-order valence-electron chi connectivity index (χ3n) is 5.92. The number of aryl methyl sites for hydroxylation is 1. The van der Waals surface area contributed by atoms with Crippen LogP contribution in [0.1, 0.15) is 32.9 Å². The molecule has 3 heterocycles. The molecule has 0 bridgehead atoms. The largest absolute Gasteiger partial charge is 0.488 e. The lowest BCUT2D eigenvalue weighted by molar-refractivity contribution is 0.100. The van der Waals surface area contributed by atoms with Crippen molar-refractivity contribution in [2.75, 3.05) is 11.9 Å². The molecule has 2 aromatic heterocycles. The molecule has 4 aromatic rings. The van der Waals surface area contributed by atoms with Gasteiger partial charge in [-0.15, -0.1) is 0 Å². The van der Waals surface area contributed by atoms with Crippen molar-refractivity contribution in [3.05, 3.63) is 70.6 Å². The van der Waals surface area contributed by atoms with Gasteiger partial charge in [0.15, 0.2) is 5.82 Å². The van der Waals surface area contributed by atoms with Crippen LogP contribution in [0.3, 0.4) is 0 Å². The summed E-state index contributed by atoms with van der Waals surface area (Å²) >= 11 is 0. The first-order valence-electron chi connectivity index (χ1n) is 10.9. The zero-order valence-corrected chi connectivity index (χ0v) is 18.5. The Morgan fingerprint density at radius 3 is 2.82 bits per heavy atom. The number of amides is 1. The highest BCUT2D eigenvalue weighted by Crippen LogP contribution is 2.36. The molecule has 0 fully saturated rings. The molecule has 1 aliphatic rings. The number of ether oxygens (including phenoxy) is 1. The van der Waals surface area contributed by atoms with E-state index in [1.807, 2.05) is 12.1 Å². The van der Waals surface area contributed by atoms with Crippen molar-refractivity contribution in [3.63, 3.8) is 0 Å². The molecular weight excluding hydrogens is 435 g/mol. The van der Waals surface area contributed by atoms with Crippen molar-refractivity contribution in [2.24, 2.45) is 5.73 Å². The number of furan rings is 1. The third kappa shape index (κ3) is 4.03. The second-order valence-electron chi connectivity index (χ2n) is 8.18. The molecule has 172 valence electrons. The standard InChI is InChI=1S/C24H23BN4O5/c1-13-20(17-6-3-7-18(22(26)30)21(17)34-13)24-28-19-12-33-9-8-16(19)23(29-24)27-11-14-4-2-5-15(10-14)25(31)32/h2-7,10,31-32H,8-9,11-12H2,1H3,(H2,26,30)(H,27,28,29). The Morgan fingerprint density at radius 1 is 1.21 bits per heavy atom. The lowest BCUT2D eigenvalue weighted by Gasteiger charge is -2.20. The normalized spacial score (nSPS) is 13.0. The van der Waals surface area contributed by atoms with Crippen molar-refractivity contribution in [2.45, 2.75) is 26.5 Å². The Bertz CT molecular complexity index is 1400. The molecule has 9 nitrogen and oxygen atoms in total. The highest BCUT2D eigenvalue weighted by Gasteiger charge is 2.24. The van der Waals surface area contributed by atoms with Gasteiger partial charge in [-0.2, -0.15) is 0 Å². The van der Waals surface area contributed by atoms with Crippen molar-refractivity contribution < 1.29 is 24.0 Å². The molecule has 0 unspecified atom stereocenters. The van der Waals surface area contributed by atoms with Gasteiger partial charge in [-0.1, -0.05) is 36.4 Å². The first-order chi connectivity index (χ1) is 16.4. The number of nitrogens with zero attached hydrogens (tertiary/aromatic N) is 2. The molecule has 1 aliphatic heterocycles. The van der Waals surface area contributed by atoms with Gasteiger partial charge in [0.2, 0.25) is 0 Å². The van der Waals surface area contributed by atoms with Crippen LogP contribution in [0, 0.1) is 6.92 Å². The maximum atomic E-state index is 11.9. The predicted molar refractivity (Wildman–Crippen MR) is 127 cm³/mol. The number of hydrogen-bond donors (Lipinski definition) is 4. The van der Waals surface area contributed by atoms with Crippen LogP contribution in [0.2, 0.25) is 0 Å². The molecule has 0 spiro atoms. The number of anilines is 1. The van der Waals surface area contributed by atoms with Crippen LogP contribution in [0.15, 0.2) is 46.9 Å². The molecule has 0 atom stereocenters. The minimum absolute atomic E-state index is 0.303. The second kappa shape index (κ2) is 8.90. The van der Waals surface area contributed by atoms with Crippen molar-refractivity contribution in [3.8, 4) is 11.4 Å². The Morgan fingerprint density at radius 2 is 2.03 bits per heavy atom. The SMILES string of the molecule is Cc1oc2c(C(N)=O)cccc2c1-c1nc2c(c(NCc3cccc(B(O)O)c3)n1)CCOC2. The zero-order valence-electron chi connectivity index (χ0n) is 18.5. The van der Waals surface area contributed by atoms with E-state index in [-0.39, 0.29) is 0 Å². The Labute approximate surface area is 195 Å². The number of primary amides is 1. The quantitative estimate of drug-likeness (QED) is 0.320. The average Bonchev–Trinajstić information content (AvgIpc) is 3.18. The molecular formula is C24H23BN4O5. The predicted octanol–water partition coefficient (Wildman–Crippen LogP) is 1.66. The van der Waals surface area contributed by atoms with Crippen LogP contribution in [-0.2, 0) is 24.3 Å². The zero-order chi connectivity index (χ0) is 23.8. The number of nitrogens with one attached hydrogen (secondary N) is 1. The van der Waals surface area contributed by atoms with E-state index in [1.54, 1.807) is 37.3 Å². The molecule has 0 saturated carbocycles. The molecule has 0 radical (unpaired) electrons. The van der Waals surface area contributed by atoms with Crippen LogP contribution in [0.4, 0.5) is 5.82 Å². The van der Waals surface area contributed by atoms with E-state index in [0.717, 1.165) is 16.8 Å². The minimum atomic E-state index is -1.53. The third-order valence-corrected chi connectivity index (χ3v) is 5.92. The van der Waals surface area contributed by atoms with Gasteiger partial charge < -0.3 is 30.3 Å². The van der Waals surface area contributed by atoms with Crippen LogP contribution >= 0.6 is 0 Å². The number of nitrogens with two attached hydrogens (primary N) is 1. The van der Waals surface area contributed by atoms with E-state index in [2.05, 4.69) is 5.32 Å². The highest BCUT2D eigenvalue weighted by atomic mass is 16.5. The van der Waals surface area contributed by atoms with Gasteiger partial charge in [-0.05, 0) is 24.0 Å². The average molecular weight is 458 g/mol.